The van der Waals surface area contributed by atoms with Crippen molar-refractivity contribution in [3.63, 3.8) is 0 Å². The van der Waals surface area contributed by atoms with Gasteiger partial charge in [-0.3, -0.25) is 14.4 Å². The molecule has 6 atom stereocenters. The van der Waals surface area contributed by atoms with Crippen LogP contribution in [0.15, 0.2) is 48.6 Å². The summed E-state index contributed by atoms with van der Waals surface area (Å²) in [6.45, 7) is 6.81. The molecule has 0 aliphatic carbocycles. The van der Waals surface area contributed by atoms with Gasteiger partial charge in [0.1, 0.15) is 11.6 Å². The minimum Gasteiger partial charge on any atom is -0.394 e. The van der Waals surface area contributed by atoms with Crippen molar-refractivity contribution in [1.29, 1.82) is 0 Å². The molecule has 204 valence electrons. The highest BCUT2D eigenvalue weighted by Gasteiger charge is 2.75. The molecule has 1 spiro atoms. The van der Waals surface area contributed by atoms with E-state index in [0.29, 0.717) is 36.6 Å². The number of nitrogens with zero attached hydrogens (tertiary/aromatic N) is 3. The maximum absolute atomic E-state index is 14.5. The minimum absolute atomic E-state index is 0.125. The van der Waals surface area contributed by atoms with Crippen molar-refractivity contribution < 1.29 is 24.2 Å². The molecule has 0 aromatic heterocycles. The van der Waals surface area contributed by atoms with Crippen LogP contribution < -0.4 is 4.90 Å². The molecule has 0 bridgehead atoms. The number of benzene rings is 1. The number of anilines is 1. The number of carbonyl (C=O) groups excluding carboxylic acids is 3. The highest BCUT2D eigenvalue weighted by Crippen LogP contribution is 2.59. The maximum atomic E-state index is 14.5. The second-order valence-electron chi connectivity index (χ2n) is 10.6. The van der Waals surface area contributed by atoms with Crippen LogP contribution in [0.2, 0.25) is 5.02 Å². The molecule has 0 saturated carbocycles. The Hall–Kier alpha value is -2.68. The number of fused-ring (bicyclic) bond motifs is 2. The monoisotopic (exact) mass is 541 g/mol. The summed E-state index contributed by atoms with van der Waals surface area (Å²) in [7, 11) is 0. The Bertz CT molecular complexity index is 1180. The van der Waals surface area contributed by atoms with Crippen molar-refractivity contribution in [3.8, 4) is 0 Å². The molecular weight excluding hydrogens is 506 g/mol. The Morgan fingerprint density at radius 3 is 2.42 bits per heavy atom. The lowest BCUT2D eigenvalue weighted by Gasteiger charge is -2.40. The average molecular weight is 542 g/mol. The van der Waals surface area contributed by atoms with Gasteiger partial charge in [0.2, 0.25) is 11.8 Å². The molecule has 4 aliphatic heterocycles. The summed E-state index contributed by atoms with van der Waals surface area (Å²) in [5.74, 6) is -2.46. The molecule has 1 unspecified atom stereocenters. The van der Waals surface area contributed by atoms with Gasteiger partial charge in [-0.15, -0.1) is 0 Å². The van der Waals surface area contributed by atoms with Gasteiger partial charge in [-0.1, -0.05) is 68.8 Å². The number of hydrogen-bond donors (Lipinski definition) is 1. The Morgan fingerprint density at radius 2 is 1.76 bits per heavy atom. The zero-order valence-corrected chi connectivity index (χ0v) is 22.9. The van der Waals surface area contributed by atoms with Crippen LogP contribution in [0.1, 0.15) is 40.0 Å². The topological polar surface area (TPSA) is 90.4 Å². The standard InChI is InChI=1S/C29H36ClN3O5/c1-4-15-31-16-9-13-28(6-3)22(25(31)35)23-26(36)33(19(5-2)18-34)24-27(37)32(17-10-14-29(23,24)38-28)21-12-8-7-11-20(21)30/h7-14,19,22-24,34H,4-6,15-18H2,1-3H3/t19-,22-,23-,24?,28+,29-/m0/s1. The SMILES string of the molecule is CCCN1CC=C[C@@]2(CC)O[C@]34C=CCN(c5ccccc5Cl)C(=O)C3N([C@@H](CC)CO)C(=O)[C@@H]4[C@H]2C1=O. The van der Waals surface area contributed by atoms with Crippen LogP contribution in [-0.4, -0.2) is 82.2 Å². The van der Waals surface area contributed by atoms with Crippen molar-refractivity contribution in [2.75, 3.05) is 31.1 Å². The minimum atomic E-state index is -1.36. The first kappa shape index (κ1) is 26.9. The highest BCUT2D eigenvalue weighted by molar-refractivity contribution is 6.34. The van der Waals surface area contributed by atoms with Gasteiger partial charge in [0.15, 0.2) is 0 Å². The molecule has 2 saturated heterocycles. The number of aliphatic hydroxyl groups excluding tert-OH is 1. The van der Waals surface area contributed by atoms with Gasteiger partial charge in [-0.2, -0.15) is 0 Å². The van der Waals surface area contributed by atoms with Gasteiger partial charge < -0.3 is 24.5 Å². The number of ether oxygens (including phenoxy) is 1. The molecule has 4 heterocycles. The first-order chi connectivity index (χ1) is 18.3. The average Bonchev–Trinajstić information content (AvgIpc) is 3.21. The van der Waals surface area contributed by atoms with Crippen molar-refractivity contribution >= 4 is 35.0 Å². The molecular formula is C29H36ClN3O5. The second-order valence-corrected chi connectivity index (χ2v) is 11.0. The molecule has 0 radical (unpaired) electrons. The van der Waals surface area contributed by atoms with E-state index in [4.69, 9.17) is 16.3 Å². The lowest BCUT2D eigenvalue weighted by Crippen LogP contribution is -2.59. The van der Waals surface area contributed by atoms with E-state index in [1.807, 2.05) is 51.1 Å². The van der Waals surface area contributed by atoms with Crippen LogP contribution >= 0.6 is 11.6 Å². The van der Waals surface area contributed by atoms with E-state index in [0.717, 1.165) is 6.42 Å². The summed E-state index contributed by atoms with van der Waals surface area (Å²) < 4.78 is 6.95. The number of carbonyl (C=O) groups is 3. The van der Waals surface area contributed by atoms with Crippen molar-refractivity contribution in [1.82, 2.24) is 9.80 Å². The molecule has 5 rings (SSSR count). The van der Waals surface area contributed by atoms with Gasteiger partial charge in [-0.05, 0) is 31.4 Å². The fourth-order valence-corrected chi connectivity index (χ4v) is 7.15. The summed E-state index contributed by atoms with van der Waals surface area (Å²) in [6.07, 6.45) is 9.28. The molecule has 8 nitrogen and oxygen atoms in total. The molecule has 3 amide bonds. The van der Waals surface area contributed by atoms with Crippen molar-refractivity contribution in [2.24, 2.45) is 11.8 Å². The predicted molar refractivity (Wildman–Crippen MR) is 145 cm³/mol. The number of hydrogen-bond acceptors (Lipinski definition) is 5. The number of amides is 3. The Labute approximate surface area is 228 Å². The second kappa shape index (κ2) is 10.1. The third-order valence-electron chi connectivity index (χ3n) is 8.67. The zero-order chi connectivity index (χ0) is 27.2. The largest absolute Gasteiger partial charge is 0.394 e. The Kier molecular flexibility index (Phi) is 7.18. The maximum Gasteiger partial charge on any atom is 0.253 e. The van der Waals surface area contributed by atoms with E-state index in [1.54, 1.807) is 28.0 Å². The van der Waals surface area contributed by atoms with Crippen molar-refractivity contribution in [3.05, 3.63) is 53.6 Å². The normalized spacial score (nSPS) is 33.2. The van der Waals surface area contributed by atoms with Crippen LogP contribution in [-0.2, 0) is 19.1 Å². The molecule has 4 aliphatic rings. The van der Waals surface area contributed by atoms with Gasteiger partial charge in [-0.25, -0.2) is 0 Å². The third-order valence-corrected chi connectivity index (χ3v) is 8.99. The number of aliphatic hydroxyl groups is 1. The lowest BCUT2D eigenvalue weighted by atomic mass is 9.73. The van der Waals surface area contributed by atoms with Crippen LogP contribution in [0, 0.1) is 11.8 Å². The van der Waals surface area contributed by atoms with Gasteiger partial charge in [0, 0.05) is 19.6 Å². The van der Waals surface area contributed by atoms with Crippen LogP contribution in [0.25, 0.3) is 0 Å². The number of halogens is 1. The molecule has 38 heavy (non-hydrogen) atoms. The van der Waals surface area contributed by atoms with Gasteiger partial charge in [0.25, 0.3) is 5.91 Å². The summed E-state index contributed by atoms with van der Waals surface area (Å²) in [5, 5.41) is 10.7. The van der Waals surface area contributed by atoms with Gasteiger partial charge in [0.05, 0.1) is 40.8 Å². The smallest absolute Gasteiger partial charge is 0.253 e. The fourth-order valence-electron chi connectivity index (χ4n) is 6.92. The summed E-state index contributed by atoms with van der Waals surface area (Å²) in [6, 6.07) is 5.45. The zero-order valence-electron chi connectivity index (χ0n) is 22.2. The van der Waals surface area contributed by atoms with E-state index in [9.17, 15) is 19.5 Å². The molecule has 9 heteroatoms. The number of rotatable bonds is 7. The van der Waals surface area contributed by atoms with E-state index in [1.165, 1.54) is 4.90 Å². The highest BCUT2D eigenvalue weighted by atomic mass is 35.5. The van der Waals surface area contributed by atoms with Crippen molar-refractivity contribution in [2.45, 2.75) is 63.3 Å². The summed E-state index contributed by atoms with van der Waals surface area (Å²) >= 11 is 6.51. The molecule has 1 N–H and O–H groups in total. The predicted octanol–water partition coefficient (Wildman–Crippen LogP) is 3.18. The summed E-state index contributed by atoms with van der Waals surface area (Å²) in [4.78, 5) is 47.9. The molecule has 1 aromatic rings. The fraction of sp³-hybridized carbons (Fsp3) is 0.552. The van der Waals surface area contributed by atoms with Crippen LogP contribution in [0.4, 0.5) is 5.69 Å². The van der Waals surface area contributed by atoms with E-state index < -0.39 is 35.1 Å². The van der Waals surface area contributed by atoms with Crippen LogP contribution in [0.5, 0.6) is 0 Å². The first-order valence-corrected chi connectivity index (χ1v) is 14.0. The molecule has 1 aromatic carbocycles. The van der Waals surface area contributed by atoms with Crippen LogP contribution in [0.3, 0.4) is 0 Å². The van der Waals surface area contributed by atoms with Gasteiger partial charge >= 0.3 is 0 Å². The lowest BCUT2D eigenvalue weighted by molar-refractivity contribution is -0.152. The molecule has 2 fully saturated rings. The summed E-state index contributed by atoms with van der Waals surface area (Å²) in [5.41, 5.74) is -1.84. The number of likely N-dealkylation sites (tertiary alicyclic amines) is 1. The van der Waals surface area contributed by atoms with E-state index in [2.05, 4.69) is 0 Å². The quantitative estimate of drug-likeness (QED) is 0.535. The van der Waals surface area contributed by atoms with E-state index in [-0.39, 0.29) is 30.9 Å². The Morgan fingerprint density at radius 1 is 1.03 bits per heavy atom. The number of para-hydroxylation sites is 1. The third kappa shape index (κ3) is 3.75. The first-order valence-electron chi connectivity index (χ1n) is 13.6. The van der Waals surface area contributed by atoms with E-state index >= 15 is 0 Å². The Balaban J connectivity index is 1.70.